The van der Waals surface area contributed by atoms with Crippen LogP contribution in [0.3, 0.4) is 0 Å². The van der Waals surface area contributed by atoms with Gasteiger partial charge in [-0.15, -0.1) is 0 Å². The second-order valence-corrected chi connectivity index (χ2v) is 6.98. The van der Waals surface area contributed by atoms with E-state index < -0.39 is 68.3 Å². The maximum absolute atomic E-state index is 14.9. The molecule has 8 heteroatoms. The molecule has 156 valence electrons. The summed E-state index contributed by atoms with van der Waals surface area (Å²) in [4.78, 5) is 17.4. The maximum Gasteiger partial charge on any atom is 0.255 e. The molecule has 1 amide bonds. The largest absolute Gasteiger partial charge is 0.355 e. The van der Waals surface area contributed by atoms with Crippen LogP contribution >= 0.6 is 0 Å². The predicted octanol–water partition coefficient (Wildman–Crippen LogP) is 3.42. The molecule has 31 heavy (non-hydrogen) atoms. The van der Waals surface area contributed by atoms with Crippen LogP contribution in [0.1, 0.15) is 56.8 Å². The monoisotopic (exact) mass is 427 g/mol. The van der Waals surface area contributed by atoms with E-state index >= 15 is 0 Å². The lowest BCUT2D eigenvalue weighted by atomic mass is 9.93. The number of halogens is 1. The molecule has 1 N–H and O–H groups in total. The molecule has 3 aromatic rings. The smallest absolute Gasteiger partial charge is 0.255 e. The quantitative estimate of drug-likeness (QED) is 0.692. The molecule has 1 fully saturated rings. The number of anilines is 1. The maximum atomic E-state index is 14.9. The van der Waals surface area contributed by atoms with Crippen molar-refractivity contribution >= 4 is 11.7 Å². The van der Waals surface area contributed by atoms with Gasteiger partial charge in [0.1, 0.15) is 5.82 Å². The first kappa shape index (κ1) is 10.5. The number of amides is 1. The van der Waals surface area contributed by atoms with Crippen LogP contribution in [0.5, 0.6) is 0 Å². The van der Waals surface area contributed by atoms with Crippen LogP contribution in [0.4, 0.5) is 10.2 Å². The molecule has 2 aliphatic heterocycles. The fourth-order valence-corrected chi connectivity index (χ4v) is 3.40. The molecule has 7 nitrogen and oxygen atoms in total. The van der Waals surface area contributed by atoms with Crippen molar-refractivity contribution in [2.45, 2.75) is 26.6 Å². The number of nitrogens with zero attached hydrogens (tertiary/aromatic N) is 5. The number of fused-ring (bicyclic) bond motifs is 1. The third kappa shape index (κ3) is 3.22. The summed E-state index contributed by atoms with van der Waals surface area (Å²) in [5.41, 5.74) is -4.33. The van der Waals surface area contributed by atoms with Crippen LogP contribution in [0, 0.1) is 22.6 Å². The standard InChI is InChI=1S/C23H21FN6O/c1-23(2)7-9-29(13-23)19-6-8-30(28-19)18-10-16(27-17-12-26-22(31)21(17)18)20-14(11-25)4-3-5-15(20)24/h3-6,8,10H,7,9,12-13H2,1-2H3,(H,26,31)/i1D2,2D3,9D2,12D2,13D2/t23-/m0/s1. The Morgan fingerprint density at radius 3 is 3.06 bits per heavy atom. The second kappa shape index (κ2) is 6.91. The zero-order chi connectivity index (χ0) is 31.2. The molecule has 2 aliphatic rings. The van der Waals surface area contributed by atoms with Gasteiger partial charge < -0.3 is 10.2 Å². The molecule has 0 unspecified atom stereocenters. The number of rotatable bonds is 3. The first-order valence-corrected chi connectivity index (χ1v) is 9.08. The van der Waals surface area contributed by atoms with Crippen LogP contribution in [0.2, 0.25) is 0 Å². The van der Waals surface area contributed by atoms with Gasteiger partial charge in [-0.25, -0.2) is 14.1 Å². The Morgan fingerprint density at radius 1 is 1.39 bits per heavy atom. The summed E-state index contributed by atoms with van der Waals surface area (Å²) < 4.78 is 106. The van der Waals surface area contributed by atoms with Crippen LogP contribution < -0.4 is 10.2 Å². The number of pyridine rings is 1. The van der Waals surface area contributed by atoms with Crippen molar-refractivity contribution in [3.05, 3.63) is 59.2 Å². The zero-order valence-electron chi connectivity index (χ0n) is 26.8. The summed E-state index contributed by atoms with van der Waals surface area (Å²) >= 11 is 0. The van der Waals surface area contributed by atoms with Gasteiger partial charge in [0.15, 0.2) is 5.82 Å². The van der Waals surface area contributed by atoms with Crippen LogP contribution in [0.25, 0.3) is 16.9 Å². The highest BCUT2D eigenvalue weighted by molar-refractivity contribution is 6.01. The van der Waals surface area contributed by atoms with Gasteiger partial charge in [-0.3, -0.25) is 4.79 Å². The minimum atomic E-state index is -3.25. The molecule has 1 aromatic carbocycles. The van der Waals surface area contributed by atoms with E-state index in [4.69, 9.17) is 15.1 Å². The van der Waals surface area contributed by atoms with Crippen LogP contribution in [-0.4, -0.2) is 33.7 Å². The van der Waals surface area contributed by atoms with Gasteiger partial charge in [0.2, 0.25) is 0 Å². The van der Waals surface area contributed by atoms with Crippen LogP contribution in [0.15, 0.2) is 36.5 Å². The van der Waals surface area contributed by atoms with E-state index in [-0.39, 0.29) is 28.1 Å². The molecular weight excluding hydrogens is 395 g/mol. The van der Waals surface area contributed by atoms with E-state index in [2.05, 4.69) is 15.4 Å². The van der Waals surface area contributed by atoms with Crippen molar-refractivity contribution in [1.29, 1.82) is 5.26 Å². The molecule has 0 aliphatic carbocycles. The number of nitrogens with one attached hydrogen (secondary N) is 1. The number of carbonyl (C=O) groups excluding carboxylic acids is 1. The topological polar surface area (TPSA) is 86.8 Å². The number of hydrogen-bond donors (Lipinski definition) is 1. The lowest BCUT2D eigenvalue weighted by molar-refractivity contribution is 0.0965. The number of benzene rings is 1. The van der Waals surface area contributed by atoms with Gasteiger partial charge in [0.05, 0.1) is 49.1 Å². The molecule has 2 aromatic heterocycles. The van der Waals surface area contributed by atoms with Gasteiger partial charge in [-0.05, 0) is 30.0 Å². The predicted molar refractivity (Wildman–Crippen MR) is 113 cm³/mol. The number of aromatic nitrogens is 3. The first-order valence-electron chi connectivity index (χ1n) is 14.7. The molecule has 0 saturated carbocycles. The fourth-order valence-electron chi connectivity index (χ4n) is 3.40. The van der Waals surface area contributed by atoms with E-state index in [0.717, 1.165) is 16.8 Å². The molecular formula is C23H21FN6O. The van der Waals surface area contributed by atoms with E-state index in [1.165, 1.54) is 24.4 Å². The number of nitriles is 1. The average Bonchev–Trinajstić information content (AvgIpc) is 3.47. The van der Waals surface area contributed by atoms with Gasteiger partial charge in [0, 0.05) is 37.6 Å². The summed E-state index contributed by atoms with van der Waals surface area (Å²) in [7, 11) is 0. The summed E-state index contributed by atoms with van der Waals surface area (Å²) in [6.07, 6.45) is 0.137. The average molecular weight is 428 g/mol. The van der Waals surface area contributed by atoms with Crippen LogP contribution in [-0.2, 0) is 6.50 Å². The molecule has 1 saturated heterocycles. The van der Waals surface area contributed by atoms with Crippen molar-refractivity contribution in [3.63, 3.8) is 0 Å². The van der Waals surface area contributed by atoms with Crippen molar-refractivity contribution < 1.29 is 24.3 Å². The van der Waals surface area contributed by atoms with E-state index in [0.29, 0.717) is 4.90 Å². The summed E-state index contributed by atoms with van der Waals surface area (Å²) in [6, 6.07) is 7.80. The lowest BCUT2D eigenvalue weighted by Crippen LogP contribution is -2.23. The zero-order valence-corrected chi connectivity index (χ0v) is 15.8. The Bertz CT molecular complexity index is 1670. The van der Waals surface area contributed by atoms with Gasteiger partial charge in [-0.2, -0.15) is 10.4 Å². The fraction of sp³-hybridized carbons (Fsp3) is 0.304. The Morgan fingerprint density at radius 2 is 2.29 bits per heavy atom. The molecule has 0 radical (unpaired) electrons. The Kier molecular flexibility index (Phi) is 2.35. The molecule has 5 rings (SSSR count). The second-order valence-electron chi connectivity index (χ2n) is 6.98. The van der Waals surface area contributed by atoms with Crippen molar-refractivity contribution in [3.8, 4) is 23.0 Å². The highest BCUT2D eigenvalue weighted by Crippen LogP contribution is 2.34. The molecule has 0 bridgehead atoms. The SMILES string of the molecule is [2H]C([2H])[C@]1(C([2H])([2H])[2H])CC([2H])([2H])N(c2ccn(-c3cc(-c4c(F)cccc4C#N)nc4c3C(=O)NC4([2H])[2H])n2)C1([2H])[2H]. The Balaban J connectivity index is 1.72. The van der Waals surface area contributed by atoms with Gasteiger partial charge in [-0.1, -0.05) is 19.8 Å². The Hall–Kier alpha value is -3.73. The normalized spacial score (nSPS) is 30.5. The molecule has 4 heterocycles. The van der Waals surface area contributed by atoms with Crippen molar-refractivity contribution in [2.24, 2.45) is 5.41 Å². The lowest BCUT2D eigenvalue weighted by Gasteiger charge is -2.19. The Labute approximate surface area is 194 Å². The summed E-state index contributed by atoms with van der Waals surface area (Å²) in [5.74, 6) is -2.21. The highest BCUT2D eigenvalue weighted by atomic mass is 19.1. The van der Waals surface area contributed by atoms with Gasteiger partial charge >= 0.3 is 0 Å². The first-order chi connectivity index (χ1) is 19.3. The summed E-state index contributed by atoms with van der Waals surface area (Å²) in [5, 5.41) is 15.8. The van der Waals surface area contributed by atoms with E-state index in [1.807, 2.05) is 6.07 Å². The number of carbonyl (C=O) groups is 1. The number of hydrogen-bond acceptors (Lipinski definition) is 5. The molecule has 0 spiro atoms. The third-order valence-electron chi connectivity index (χ3n) is 4.79. The van der Waals surface area contributed by atoms with Crippen molar-refractivity contribution in [2.75, 3.05) is 17.9 Å². The highest BCUT2D eigenvalue weighted by Gasteiger charge is 2.31. The van der Waals surface area contributed by atoms with E-state index in [1.54, 1.807) is 0 Å². The minimum Gasteiger partial charge on any atom is -0.355 e. The minimum absolute atomic E-state index is 0.132. The summed E-state index contributed by atoms with van der Waals surface area (Å²) in [6.45, 7) is -13.9. The van der Waals surface area contributed by atoms with Gasteiger partial charge in [0.25, 0.3) is 5.91 Å². The third-order valence-corrected chi connectivity index (χ3v) is 4.79. The van der Waals surface area contributed by atoms with Crippen molar-refractivity contribution in [1.82, 2.24) is 20.1 Å². The van der Waals surface area contributed by atoms with E-state index in [9.17, 15) is 14.4 Å². The molecule has 1 atom stereocenters.